The van der Waals surface area contributed by atoms with Gasteiger partial charge in [0.2, 0.25) is 0 Å². The number of aromatic amines is 1. The second kappa shape index (κ2) is 4.52. The van der Waals surface area contributed by atoms with Crippen LogP contribution in [0.1, 0.15) is 21.7 Å². The lowest BCUT2D eigenvalue weighted by atomic mass is 10.0. The smallest absolute Gasteiger partial charge is 0.357 e. The Balaban J connectivity index is 2.64. The summed E-state index contributed by atoms with van der Waals surface area (Å²) in [7, 11) is 1.58. The van der Waals surface area contributed by atoms with Gasteiger partial charge in [-0.1, -0.05) is 6.07 Å². The van der Waals surface area contributed by atoms with Crippen molar-refractivity contribution in [3.8, 4) is 16.9 Å². The van der Waals surface area contributed by atoms with Gasteiger partial charge in [-0.05, 0) is 37.1 Å². The lowest BCUT2D eigenvalue weighted by molar-refractivity contribution is 0.0691. The number of H-pyrrole nitrogens is 1. The lowest BCUT2D eigenvalue weighted by Crippen LogP contribution is -1.99. The van der Waals surface area contributed by atoms with Crippen molar-refractivity contribution in [2.75, 3.05) is 7.11 Å². The Labute approximate surface area is 104 Å². The molecule has 0 spiro atoms. The van der Waals surface area contributed by atoms with Gasteiger partial charge in [0.1, 0.15) is 5.75 Å². The molecule has 0 saturated carbocycles. The van der Waals surface area contributed by atoms with Crippen molar-refractivity contribution in [3.05, 3.63) is 35.2 Å². The zero-order chi connectivity index (χ0) is 13.3. The third-order valence-corrected chi connectivity index (χ3v) is 2.73. The Hall–Kier alpha value is -2.30. The van der Waals surface area contributed by atoms with Crippen LogP contribution in [0.4, 0.5) is 0 Å². The van der Waals surface area contributed by atoms with Crippen LogP contribution in [0.3, 0.4) is 0 Å². The minimum absolute atomic E-state index is 0.0279. The van der Waals surface area contributed by atoms with Gasteiger partial charge in [0.15, 0.2) is 5.69 Å². The molecule has 1 heterocycles. The first kappa shape index (κ1) is 12.2. The van der Waals surface area contributed by atoms with Gasteiger partial charge >= 0.3 is 5.97 Å². The van der Waals surface area contributed by atoms with Crippen LogP contribution in [0.5, 0.6) is 5.75 Å². The zero-order valence-corrected chi connectivity index (χ0v) is 10.4. The number of nitrogens with one attached hydrogen (secondary N) is 1. The number of carboxylic acids is 1. The summed E-state index contributed by atoms with van der Waals surface area (Å²) in [6.07, 6.45) is 0. The first-order chi connectivity index (χ1) is 8.52. The molecule has 0 atom stereocenters. The van der Waals surface area contributed by atoms with Crippen molar-refractivity contribution in [2.45, 2.75) is 13.8 Å². The van der Waals surface area contributed by atoms with Gasteiger partial charge in [-0.3, -0.25) is 5.10 Å². The van der Waals surface area contributed by atoms with E-state index in [1.54, 1.807) is 20.1 Å². The first-order valence-corrected chi connectivity index (χ1v) is 5.47. The summed E-state index contributed by atoms with van der Waals surface area (Å²) < 4.78 is 5.20. The van der Waals surface area contributed by atoms with Crippen molar-refractivity contribution in [1.29, 1.82) is 0 Å². The molecule has 2 rings (SSSR count). The summed E-state index contributed by atoms with van der Waals surface area (Å²) >= 11 is 0. The fourth-order valence-corrected chi connectivity index (χ4v) is 1.95. The second-order valence-corrected chi connectivity index (χ2v) is 4.12. The molecule has 0 aliphatic rings. The molecule has 5 nitrogen and oxygen atoms in total. The van der Waals surface area contributed by atoms with Crippen LogP contribution in [-0.4, -0.2) is 28.4 Å². The van der Waals surface area contributed by atoms with Crippen LogP contribution < -0.4 is 4.74 Å². The summed E-state index contributed by atoms with van der Waals surface area (Å²) in [5, 5.41) is 15.6. The normalized spacial score (nSPS) is 10.4. The molecule has 1 aromatic heterocycles. The number of carboxylic acid groups (broad SMARTS) is 1. The number of aromatic nitrogens is 2. The predicted octanol–water partition coefficient (Wildman–Crippen LogP) is 2.40. The summed E-state index contributed by atoms with van der Waals surface area (Å²) in [6.45, 7) is 3.73. The minimum atomic E-state index is -1.05. The molecule has 2 aromatic rings. The highest BCUT2D eigenvalue weighted by molar-refractivity contribution is 5.94. The molecule has 0 amide bonds. The molecule has 18 heavy (non-hydrogen) atoms. The average Bonchev–Trinajstić information content (AvgIpc) is 2.70. The van der Waals surface area contributed by atoms with Gasteiger partial charge in [0, 0.05) is 11.3 Å². The highest BCUT2D eigenvalue weighted by Crippen LogP contribution is 2.30. The van der Waals surface area contributed by atoms with Crippen molar-refractivity contribution in [2.24, 2.45) is 0 Å². The van der Waals surface area contributed by atoms with Gasteiger partial charge in [0.05, 0.1) is 7.11 Å². The van der Waals surface area contributed by atoms with Crippen molar-refractivity contribution >= 4 is 5.97 Å². The summed E-state index contributed by atoms with van der Waals surface area (Å²) in [6, 6.07) is 5.60. The van der Waals surface area contributed by atoms with E-state index in [-0.39, 0.29) is 5.69 Å². The Kier molecular flexibility index (Phi) is 3.06. The molecule has 0 fully saturated rings. The summed E-state index contributed by atoms with van der Waals surface area (Å²) in [5.41, 5.74) is 3.14. The number of aryl methyl sites for hydroxylation is 2. The third kappa shape index (κ3) is 2.07. The molecule has 2 N–H and O–H groups in total. The number of aromatic carboxylic acids is 1. The van der Waals surface area contributed by atoms with E-state index in [1.165, 1.54) is 0 Å². The Morgan fingerprint density at radius 3 is 2.67 bits per heavy atom. The van der Waals surface area contributed by atoms with E-state index >= 15 is 0 Å². The fraction of sp³-hybridized carbons (Fsp3) is 0.231. The Morgan fingerprint density at radius 1 is 1.33 bits per heavy atom. The topological polar surface area (TPSA) is 75.2 Å². The first-order valence-electron chi connectivity index (χ1n) is 5.47. The number of hydrogen-bond donors (Lipinski definition) is 2. The fourth-order valence-electron chi connectivity index (χ4n) is 1.95. The van der Waals surface area contributed by atoms with Gasteiger partial charge in [-0.2, -0.15) is 5.10 Å². The van der Waals surface area contributed by atoms with E-state index in [0.717, 1.165) is 16.8 Å². The maximum absolute atomic E-state index is 11.1. The number of ether oxygens (including phenoxy) is 1. The van der Waals surface area contributed by atoms with Crippen LogP contribution >= 0.6 is 0 Å². The molecule has 0 saturated heterocycles. The third-order valence-electron chi connectivity index (χ3n) is 2.73. The van der Waals surface area contributed by atoms with Gasteiger partial charge in [0.25, 0.3) is 0 Å². The lowest BCUT2D eigenvalue weighted by Gasteiger charge is -2.07. The van der Waals surface area contributed by atoms with Crippen LogP contribution in [-0.2, 0) is 0 Å². The molecule has 0 aliphatic heterocycles. The van der Waals surface area contributed by atoms with E-state index in [4.69, 9.17) is 9.84 Å². The number of methoxy groups -OCH3 is 1. The predicted molar refractivity (Wildman–Crippen MR) is 67.0 cm³/mol. The maximum atomic E-state index is 11.1. The van der Waals surface area contributed by atoms with Gasteiger partial charge in [-0.25, -0.2) is 4.79 Å². The molecule has 0 radical (unpaired) electrons. The van der Waals surface area contributed by atoms with Crippen molar-refractivity contribution < 1.29 is 14.6 Å². The number of carbonyl (C=O) groups is 1. The molecular weight excluding hydrogens is 232 g/mol. The van der Waals surface area contributed by atoms with E-state index in [0.29, 0.717) is 11.3 Å². The molecule has 5 heteroatoms. The van der Waals surface area contributed by atoms with Crippen LogP contribution in [0.15, 0.2) is 18.2 Å². The highest BCUT2D eigenvalue weighted by Gasteiger charge is 2.18. The Bertz CT molecular complexity index is 602. The molecule has 94 valence electrons. The molecule has 0 unspecified atom stereocenters. The zero-order valence-electron chi connectivity index (χ0n) is 10.4. The standard InChI is InChI=1S/C13H14N2O3/c1-7-4-9(6-10(5-7)18-3)11-8(2)14-15-12(11)13(16)17/h4-6H,1-3H3,(H,14,15)(H,16,17). The number of rotatable bonds is 3. The molecule has 1 aromatic carbocycles. The van der Waals surface area contributed by atoms with E-state index in [2.05, 4.69) is 10.2 Å². The van der Waals surface area contributed by atoms with E-state index in [9.17, 15) is 4.79 Å². The average molecular weight is 246 g/mol. The SMILES string of the molecule is COc1cc(C)cc(-c2c(C(=O)O)n[nH]c2C)c1. The minimum Gasteiger partial charge on any atom is -0.497 e. The summed E-state index contributed by atoms with van der Waals surface area (Å²) in [5.74, 6) is -0.350. The van der Waals surface area contributed by atoms with Gasteiger partial charge in [-0.15, -0.1) is 0 Å². The number of benzene rings is 1. The van der Waals surface area contributed by atoms with E-state index < -0.39 is 5.97 Å². The van der Waals surface area contributed by atoms with Crippen LogP contribution in [0.2, 0.25) is 0 Å². The summed E-state index contributed by atoms with van der Waals surface area (Å²) in [4.78, 5) is 11.1. The van der Waals surface area contributed by atoms with Crippen molar-refractivity contribution in [3.63, 3.8) is 0 Å². The monoisotopic (exact) mass is 246 g/mol. The number of nitrogens with zero attached hydrogens (tertiary/aromatic N) is 1. The Morgan fingerprint density at radius 2 is 2.06 bits per heavy atom. The van der Waals surface area contributed by atoms with Crippen LogP contribution in [0.25, 0.3) is 11.1 Å². The highest BCUT2D eigenvalue weighted by atomic mass is 16.5. The van der Waals surface area contributed by atoms with Gasteiger partial charge < -0.3 is 9.84 Å². The molecule has 0 aliphatic carbocycles. The molecular formula is C13H14N2O3. The van der Waals surface area contributed by atoms with Crippen molar-refractivity contribution in [1.82, 2.24) is 10.2 Å². The maximum Gasteiger partial charge on any atom is 0.357 e. The largest absolute Gasteiger partial charge is 0.497 e. The quantitative estimate of drug-likeness (QED) is 0.872. The molecule has 0 bridgehead atoms. The van der Waals surface area contributed by atoms with E-state index in [1.807, 2.05) is 19.1 Å². The second-order valence-electron chi connectivity index (χ2n) is 4.12. The number of hydrogen-bond acceptors (Lipinski definition) is 3. The van der Waals surface area contributed by atoms with Crippen LogP contribution in [0, 0.1) is 13.8 Å².